The number of nitrogens with zero attached hydrogens (tertiary/aromatic N) is 2. The number of nitrogens with one attached hydrogen (secondary N) is 2. The van der Waals surface area contributed by atoms with Crippen molar-refractivity contribution < 1.29 is 13.9 Å². The number of methoxy groups -OCH3 is 1. The smallest absolute Gasteiger partial charge is 0.251 e. The molecule has 0 radical (unpaired) electrons. The molecule has 1 aromatic heterocycles. The summed E-state index contributed by atoms with van der Waals surface area (Å²) in [5, 5.41) is 5.98. The average Bonchev–Trinajstić information content (AvgIpc) is 2.83. The fourth-order valence-electron chi connectivity index (χ4n) is 3.11. The monoisotopic (exact) mass is 428 g/mol. The van der Waals surface area contributed by atoms with Crippen LogP contribution in [0.15, 0.2) is 85.2 Å². The lowest BCUT2D eigenvalue weighted by Crippen LogP contribution is -2.22. The van der Waals surface area contributed by atoms with Gasteiger partial charge in [-0.05, 0) is 59.7 Å². The Morgan fingerprint density at radius 1 is 0.938 bits per heavy atom. The van der Waals surface area contributed by atoms with Crippen LogP contribution in [0.1, 0.15) is 15.9 Å². The summed E-state index contributed by atoms with van der Waals surface area (Å²) >= 11 is 0. The fraction of sp³-hybridized carbons (Fsp3) is 0.0800. The minimum atomic E-state index is -0.308. The first-order valence-corrected chi connectivity index (χ1v) is 9.97. The topological polar surface area (TPSA) is 76.1 Å². The van der Waals surface area contributed by atoms with E-state index in [0.717, 1.165) is 22.6 Å². The van der Waals surface area contributed by atoms with Crippen LogP contribution >= 0.6 is 0 Å². The van der Waals surface area contributed by atoms with E-state index in [-0.39, 0.29) is 11.7 Å². The first-order chi connectivity index (χ1) is 15.6. The lowest BCUT2D eigenvalue weighted by molar-refractivity contribution is 0.0951. The van der Waals surface area contributed by atoms with Gasteiger partial charge in [-0.3, -0.25) is 4.79 Å². The van der Waals surface area contributed by atoms with Crippen molar-refractivity contribution in [1.29, 1.82) is 0 Å². The van der Waals surface area contributed by atoms with Gasteiger partial charge in [0.15, 0.2) is 0 Å². The van der Waals surface area contributed by atoms with Crippen LogP contribution in [0, 0.1) is 5.82 Å². The van der Waals surface area contributed by atoms with Gasteiger partial charge in [0, 0.05) is 35.8 Å². The molecule has 2 N–H and O–H groups in total. The van der Waals surface area contributed by atoms with E-state index in [9.17, 15) is 9.18 Å². The van der Waals surface area contributed by atoms with Gasteiger partial charge >= 0.3 is 0 Å². The number of rotatable bonds is 7. The maximum atomic E-state index is 13.4. The normalized spacial score (nSPS) is 10.4. The van der Waals surface area contributed by atoms with E-state index in [2.05, 4.69) is 20.6 Å². The molecule has 4 rings (SSSR count). The maximum Gasteiger partial charge on any atom is 0.251 e. The van der Waals surface area contributed by atoms with Gasteiger partial charge in [0.2, 0.25) is 5.95 Å². The van der Waals surface area contributed by atoms with E-state index in [0.29, 0.717) is 23.6 Å². The zero-order valence-corrected chi connectivity index (χ0v) is 17.4. The molecule has 0 aliphatic carbocycles. The highest BCUT2D eigenvalue weighted by Crippen LogP contribution is 2.20. The molecule has 0 spiro atoms. The molecule has 1 amide bonds. The second-order valence-corrected chi connectivity index (χ2v) is 7.04. The SMILES string of the molecule is COc1cccc(CNC(=O)c2ccc(Nc3ncc(-c4cccc(F)c4)cn3)cc2)c1. The number of amides is 1. The van der Waals surface area contributed by atoms with Crippen LogP contribution in [0.3, 0.4) is 0 Å². The second kappa shape index (κ2) is 9.70. The third-order valence-electron chi connectivity index (χ3n) is 4.80. The summed E-state index contributed by atoms with van der Waals surface area (Å²) in [6.07, 6.45) is 3.26. The Bertz CT molecular complexity index is 1210. The Kier molecular flexibility index (Phi) is 6.36. The molecule has 0 saturated heterocycles. The predicted molar refractivity (Wildman–Crippen MR) is 121 cm³/mol. The number of halogens is 1. The molecule has 160 valence electrons. The maximum absolute atomic E-state index is 13.4. The van der Waals surface area contributed by atoms with Gasteiger partial charge in [0.05, 0.1) is 7.11 Å². The van der Waals surface area contributed by atoms with Gasteiger partial charge in [-0.15, -0.1) is 0 Å². The van der Waals surface area contributed by atoms with Gasteiger partial charge < -0.3 is 15.4 Å². The zero-order valence-electron chi connectivity index (χ0n) is 17.4. The van der Waals surface area contributed by atoms with Crippen molar-refractivity contribution in [3.05, 3.63) is 102 Å². The largest absolute Gasteiger partial charge is 0.497 e. The molecule has 0 atom stereocenters. The highest BCUT2D eigenvalue weighted by Gasteiger charge is 2.07. The molecule has 0 unspecified atom stereocenters. The molecule has 0 aliphatic heterocycles. The third-order valence-corrected chi connectivity index (χ3v) is 4.80. The molecule has 0 aliphatic rings. The molecule has 7 heteroatoms. The highest BCUT2D eigenvalue weighted by atomic mass is 19.1. The van der Waals surface area contributed by atoms with Crippen LogP contribution in [0.5, 0.6) is 5.75 Å². The molecule has 0 saturated carbocycles. The summed E-state index contributed by atoms with van der Waals surface area (Å²) in [5.41, 5.74) is 3.67. The van der Waals surface area contributed by atoms with Gasteiger partial charge in [0.1, 0.15) is 11.6 Å². The quantitative estimate of drug-likeness (QED) is 0.435. The van der Waals surface area contributed by atoms with Crippen LogP contribution in [0.25, 0.3) is 11.1 Å². The van der Waals surface area contributed by atoms with Gasteiger partial charge in [-0.2, -0.15) is 0 Å². The Hall–Kier alpha value is -4.26. The molecule has 6 nitrogen and oxygen atoms in total. The molecular formula is C25H21FN4O2. The summed E-state index contributed by atoms with van der Waals surface area (Å²) in [6, 6.07) is 20.8. The summed E-state index contributed by atoms with van der Waals surface area (Å²) < 4.78 is 18.6. The summed E-state index contributed by atoms with van der Waals surface area (Å²) in [4.78, 5) is 21.0. The number of carbonyl (C=O) groups is 1. The van der Waals surface area contributed by atoms with Gasteiger partial charge in [0.25, 0.3) is 5.91 Å². The molecular weight excluding hydrogens is 407 g/mol. The number of hydrogen-bond acceptors (Lipinski definition) is 5. The molecule has 3 aromatic carbocycles. The predicted octanol–water partition coefficient (Wildman–Crippen LogP) is 4.96. The van der Waals surface area contributed by atoms with E-state index in [1.807, 2.05) is 24.3 Å². The molecule has 0 fully saturated rings. The van der Waals surface area contributed by atoms with E-state index < -0.39 is 0 Å². The number of benzene rings is 3. The average molecular weight is 428 g/mol. The van der Waals surface area contributed by atoms with Crippen molar-refractivity contribution in [2.24, 2.45) is 0 Å². The summed E-state index contributed by atoms with van der Waals surface area (Å²) in [7, 11) is 1.61. The fourth-order valence-corrected chi connectivity index (χ4v) is 3.11. The zero-order chi connectivity index (χ0) is 22.3. The van der Waals surface area contributed by atoms with E-state index in [4.69, 9.17) is 4.74 Å². The Labute approximate surface area is 185 Å². The molecule has 4 aromatic rings. The first-order valence-electron chi connectivity index (χ1n) is 9.97. The van der Waals surface area contributed by atoms with E-state index in [1.54, 1.807) is 55.9 Å². The van der Waals surface area contributed by atoms with Crippen molar-refractivity contribution in [1.82, 2.24) is 15.3 Å². The van der Waals surface area contributed by atoms with Crippen molar-refractivity contribution in [2.75, 3.05) is 12.4 Å². The second-order valence-electron chi connectivity index (χ2n) is 7.04. The van der Waals surface area contributed by atoms with Crippen LogP contribution in [0.2, 0.25) is 0 Å². The standard InChI is InChI=1S/C25H21FN4O2/c1-32-23-7-2-4-17(12-23)14-27-24(31)18-8-10-22(11-9-18)30-25-28-15-20(16-29-25)19-5-3-6-21(26)13-19/h2-13,15-16H,14H2,1H3,(H,27,31)(H,28,29,30). The van der Waals surface area contributed by atoms with Crippen LogP contribution < -0.4 is 15.4 Å². The lowest BCUT2D eigenvalue weighted by atomic mass is 10.1. The number of anilines is 2. The lowest BCUT2D eigenvalue weighted by Gasteiger charge is -2.09. The summed E-state index contributed by atoms with van der Waals surface area (Å²) in [6.45, 7) is 0.404. The highest BCUT2D eigenvalue weighted by molar-refractivity contribution is 5.94. The molecule has 32 heavy (non-hydrogen) atoms. The number of aromatic nitrogens is 2. The minimum Gasteiger partial charge on any atom is -0.497 e. The number of hydrogen-bond donors (Lipinski definition) is 2. The molecule has 1 heterocycles. The number of carbonyl (C=O) groups excluding carboxylic acids is 1. The Morgan fingerprint density at radius 3 is 2.41 bits per heavy atom. The van der Waals surface area contributed by atoms with Crippen LogP contribution in [-0.4, -0.2) is 23.0 Å². The van der Waals surface area contributed by atoms with Crippen molar-refractivity contribution in [3.63, 3.8) is 0 Å². The van der Waals surface area contributed by atoms with Crippen molar-refractivity contribution in [2.45, 2.75) is 6.54 Å². The molecule has 0 bridgehead atoms. The minimum absolute atomic E-state index is 0.171. The van der Waals surface area contributed by atoms with E-state index in [1.165, 1.54) is 12.1 Å². The first kappa shape index (κ1) is 21.0. The van der Waals surface area contributed by atoms with Gasteiger partial charge in [-0.25, -0.2) is 14.4 Å². The van der Waals surface area contributed by atoms with Crippen LogP contribution in [-0.2, 0) is 6.54 Å². The number of ether oxygens (including phenoxy) is 1. The Balaban J connectivity index is 1.35. The van der Waals surface area contributed by atoms with Crippen LogP contribution in [0.4, 0.5) is 16.0 Å². The van der Waals surface area contributed by atoms with Gasteiger partial charge in [-0.1, -0.05) is 24.3 Å². The Morgan fingerprint density at radius 2 is 1.69 bits per heavy atom. The van der Waals surface area contributed by atoms with E-state index >= 15 is 0 Å². The van der Waals surface area contributed by atoms with Crippen molar-refractivity contribution in [3.8, 4) is 16.9 Å². The summed E-state index contributed by atoms with van der Waals surface area (Å²) in [5.74, 6) is 0.672. The third kappa shape index (κ3) is 5.26. The van der Waals surface area contributed by atoms with Crippen molar-refractivity contribution >= 4 is 17.5 Å².